The van der Waals surface area contributed by atoms with E-state index in [0.29, 0.717) is 0 Å². The second kappa shape index (κ2) is 6.41. The highest BCUT2D eigenvalue weighted by atomic mass is 79.9. The average Bonchev–Trinajstić information content (AvgIpc) is 3.30. The predicted molar refractivity (Wildman–Crippen MR) is 95.0 cm³/mol. The van der Waals surface area contributed by atoms with E-state index in [-0.39, 0.29) is 6.04 Å². The van der Waals surface area contributed by atoms with E-state index in [2.05, 4.69) is 43.4 Å². The molecule has 0 fully saturated rings. The van der Waals surface area contributed by atoms with E-state index in [1.54, 1.807) is 17.2 Å². The van der Waals surface area contributed by atoms with E-state index in [0.717, 1.165) is 21.4 Å². The number of halogens is 1. The molecule has 0 saturated heterocycles. The van der Waals surface area contributed by atoms with Gasteiger partial charge in [-0.2, -0.15) is 0 Å². The summed E-state index contributed by atoms with van der Waals surface area (Å²) in [4.78, 5) is 4.18. The van der Waals surface area contributed by atoms with Crippen LogP contribution in [0, 0.1) is 0 Å². The van der Waals surface area contributed by atoms with Crippen molar-refractivity contribution in [1.29, 1.82) is 0 Å². The Labute approximate surface area is 147 Å². The molecule has 1 atom stereocenters. The Hall–Kier alpha value is -2.73. The highest BCUT2D eigenvalue weighted by Gasteiger charge is 2.19. The Morgan fingerprint density at radius 1 is 0.958 bits per heavy atom. The Kier molecular flexibility index (Phi) is 3.96. The molecule has 6 heteroatoms. The molecule has 2 aromatic carbocycles. The lowest BCUT2D eigenvalue weighted by Gasteiger charge is -2.16. The first-order valence-electron chi connectivity index (χ1n) is 7.52. The van der Waals surface area contributed by atoms with Crippen molar-refractivity contribution in [2.45, 2.75) is 6.04 Å². The van der Waals surface area contributed by atoms with Crippen LogP contribution in [0.4, 0.5) is 0 Å². The minimum Gasteiger partial charge on any atom is -0.324 e. The maximum atomic E-state index is 4.40. The molecule has 0 saturated carbocycles. The van der Waals surface area contributed by atoms with Crippen LogP contribution in [-0.2, 0) is 0 Å². The molecule has 24 heavy (non-hydrogen) atoms. The van der Waals surface area contributed by atoms with E-state index in [9.17, 15) is 0 Å². The van der Waals surface area contributed by atoms with Crippen LogP contribution in [0.15, 0.2) is 84.0 Å². The molecule has 4 rings (SSSR count). The fourth-order valence-corrected chi connectivity index (χ4v) is 2.94. The highest BCUT2D eigenvalue weighted by molar-refractivity contribution is 9.10. The molecule has 0 N–H and O–H groups in total. The Bertz CT molecular complexity index is 914. The lowest BCUT2D eigenvalue weighted by molar-refractivity contribution is 0.653. The maximum absolute atomic E-state index is 4.40. The van der Waals surface area contributed by atoms with Gasteiger partial charge in [-0.05, 0) is 29.8 Å². The van der Waals surface area contributed by atoms with Crippen molar-refractivity contribution in [3.8, 4) is 5.69 Å². The molecule has 0 spiro atoms. The summed E-state index contributed by atoms with van der Waals surface area (Å²) in [5.74, 6) is 0. The van der Waals surface area contributed by atoms with Crippen LogP contribution < -0.4 is 0 Å². The van der Waals surface area contributed by atoms with Gasteiger partial charge in [0.1, 0.15) is 11.7 Å². The highest BCUT2D eigenvalue weighted by Crippen LogP contribution is 2.26. The number of nitrogens with zero attached hydrogens (tertiary/aromatic N) is 5. The van der Waals surface area contributed by atoms with Gasteiger partial charge in [0.05, 0.1) is 18.2 Å². The molecule has 0 unspecified atom stereocenters. The number of para-hydroxylation sites is 1. The van der Waals surface area contributed by atoms with Gasteiger partial charge in [0, 0.05) is 16.9 Å². The standard InChI is InChI=1S/C18H14BrN5/c19-15-8-6-14(7-9-15)18(23-11-10-20-13-23)17-12-24(22-21-17)16-4-2-1-3-5-16/h1-13,18H/t18-/m1/s1. The summed E-state index contributed by atoms with van der Waals surface area (Å²) in [5, 5.41) is 8.68. The molecular formula is C18H14BrN5. The van der Waals surface area contributed by atoms with Crippen molar-refractivity contribution in [3.05, 3.63) is 95.2 Å². The van der Waals surface area contributed by atoms with Gasteiger partial charge in [-0.1, -0.05) is 51.5 Å². The van der Waals surface area contributed by atoms with Gasteiger partial charge in [0.15, 0.2) is 0 Å². The summed E-state index contributed by atoms with van der Waals surface area (Å²) in [7, 11) is 0. The van der Waals surface area contributed by atoms with Gasteiger partial charge in [-0.3, -0.25) is 0 Å². The SMILES string of the molecule is Brc1ccc([C@H](c2cn(-c3ccccc3)nn2)n2ccnc2)cc1. The third-order valence-corrected chi connectivity index (χ3v) is 4.35. The lowest BCUT2D eigenvalue weighted by Crippen LogP contribution is -2.11. The second-order valence-corrected chi connectivity index (χ2v) is 6.30. The quantitative estimate of drug-likeness (QED) is 0.540. The number of imidazole rings is 1. The molecule has 0 radical (unpaired) electrons. The van der Waals surface area contributed by atoms with Gasteiger partial charge < -0.3 is 4.57 Å². The number of aromatic nitrogens is 5. The number of rotatable bonds is 4. The summed E-state index contributed by atoms with van der Waals surface area (Å²) >= 11 is 3.48. The van der Waals surface area contributed by atoms with Crippen LogP contribution in [0.2, 0.25) is 0 Å². The van der Waals surface area contributed by atoms with Crippen LogP contribution >= 0.6 is 15.9 Å². The van der Waals surface area contributed by atoms with E-state index < -0.39 is 0 Å². The first-order valence-corrected chi connectivity index (χ1v) is 8.31. The van der Waals surface area contributed by atoms with Gasteiger partial charge in [0.2, 0.25) is 0 Å². The third kappa shape index (κ3) is 2.88. The van der Waals surface area contributed by atoms with Crippen LogP contribution in [0.1, 0.15) is 17.3 Å². The van der Waals surface area contributed by atoms with Crippen molar-refractivity contribution in [3.63, 3.8) is 0 Å². The minimum atomic E-state index is -0.0712. The molecular weight excluding hydrogens is 366 g/mol. The zero-order valence-corrected chi connectivity index (χ0v) is 14.3. The number of hydrogen-bond donors (Lipinski definition) is 0. The Balaban J connectivity index is 1.77. The molecule has 0 aliphatic carbocycles. The summed E-state index contributed by atoms with van der Waals surface area (Å²) in [6, 6.07) is 18.1. The molecule has 0 aliphatic heterocycles. The average molecular weight is 380 g/mol. The van der Waals surface area contributed by atoms with E-state index in [1.165, 1.54) is 0 Å². The van der Waals surface area contributed by atoms with Crippen molar-refractivity contribution < 1.29 is 0 Å². The van der Waals surface area contributed by atoms with Gasteiger partial charge in [-0.25, -0.2) is 9.67 Å². The second-order valence-electron chi connectivity index (χ2n) is 5.39. The summed E-state index contributed by atoms with van der Waals surface area (Å²) < 4.78 is 4.87. The predicted octanol–water partition coefficient (Wildman–Crippen LogP) is 3.86. The van der Waals surface area contributed by atoms with Gasteiger partial charge >= 0.3 is 0 Å². The van der Waals surface area contributed by atoms with Crippen LogP contribution in [-0.4, -0.2) is 24.5 Å². The van der Waals surface area contributed by atoms with Crippen molar-refractivity contribution in [2.24, 2.45) is 0 Å². The third-order valence-electron chi connectivity index (χ3n) is 3.82. The topological polar surface area (TPSA) is 48.5 Å². The fourth-order valence-electron chi connectivity index (χ4n) is 2.67. The molecule has 118 valence electrons. The zero-order chi connectivity index (χ0) is 16.4. The number of hydrogen-bond acceptors (Lipinski definition) is 3. The van der Waals surface area contributed by atoms with E-state index in [1.807, 2.05) is 59.4 Å². The normalized spacial score (nSPS) is 12.2. The van der Waals surface area contributed by atoms with Crippen molar-refractivity contribution in [2.75, 3.05) is 0 Å². The minimum absolute atomic E-state index is 0.0712. The molecule has 4 aromatic rings. The van der Waals surface area contributed by atoms with Crippen LogP contribution in [0.5, 0.6) is 0 Å². The zero-order valence-electron chi connectivity index (χ0n) is 12.7. The molecule has 0 amide bonds. The molecule has 0 bridgehead atoms. The van der Waals surface area contributed by atoms with Crippen LogP contribution in [0.3, 0.4) is 0 Å². The van der Waals surface area contributed by atoms with E-state index >= 15 is 0 Å². The molecule has 0 aliphatic rings. The smallest absolute Gasteiger partial charge is 0.111 e. The first kappa shape index (κ1) is 14.8. The van der Waals surface area contributed by atoms with Crippen molar-refractivity contribution in [1.82, 2.24) is 24.5 Å². The van der Waals surface area contributed by atoms with Gasteiger partial charge in [0.25, 0.3) is 0 Å². The Morgan fingerprint density at radius 3 is 2.46 bits per heavy atom. The first-order chi connectivity index (χ1) is 11.8. The summed E-state index contributed by atoms with van der Waals surface area (Å²) in [5.41, 5.74) is 2.96. The number of benzene rings is 2. The lowest BCUT2D eigenvalue weighted by atomic mass is 10.0. The monoisotopic (exact) mass is 379 g/mol. The Morgan fingerprint density at radius 2 is 1.75 bits per heavy atom. The molecule has 2 aromatic heterocycles. The summed E-state index contributed by atoms with van der Waals surface area (Å²) in [6.07, 6.45) is 7.47. The molecule has 5 nitrogen and oxygen atoms in total. The summed E-state index contributed by atoms with van der Waals surface area (Å²) in [6.45, 7) is 0. The van der Waals surface area contributed by atoms with Crippen LogP contribution in [0.25, 0.3) is 5.69 Å². The van der Waals surface area contributed by atoms with Gasteiger partial charge in [-0.15, -0.1) is 5.10 Å². The largest absolute Gasteiger partial charge is 0.324 e. The van der Waals surface area contributed by atoms with E-state index in [4.69, 9.17) is 0 Å². The van der Waals surface area contributed by atoms with Crippen molar-refractivity contribution >= 4 is 15.9 Å². The fraction of sp³-hybridized carbons (Fsp3) is 0.0556. The maximum Gasteiger partial charge on any atom is 0.111 e. The molecule has 2 heterocycles.